The van der Waals surface area contributed by atoms with E-state index in [9.17, 15) is 24.3 Å². The highest BCUT2D eigenvalue weighted by Crippen LogP contribution is 2.43. The summed E-state index contributed by atoms with van der Waals surface area (Å²) < 4.78 is 5.76. The Balaban J connectivity index is 1.40. The molecule has 5 rings (SSSR count). The third-order valence-corrected chi connectivity index (χ3v) is 7.44. The van der Waals surface area contributed by atoms with E-state index in [-0.39, 0.29) is 24.4 Å². The van der Waals surface area contributed by atoms with Gasteiger partial charge in [-0.1, -0.05) is 48.0 Å². The summed E-state index contributed by atoms with van der Waals surface area (Å²) >= 11 is 6.25. The number of carbonyl (C=O) groups is 4. The maximum Gasteiger partial charge on any atom is 0.412 e. The highest BCUT2D eigenvalue weighted by molar-refractivity contribution is 6.30. The molecule has 2 heterocycles. The van der Waals surface area contributed by atoms with Crippen LogP contribution in [-0.4, -0.2) is 60.2 Å². The van der Waals surface area contributed by atoms with Crippen LogP contribution in [0.25, 0.3) is 0 Å². The number of ether oxygens (including phenoxy) is 1. The molecule has 1 unspecified atom stereocenters. The molecule has 3 aromatic rings. The predicted octanol–water partition coefficient (Wildman–Crippen LogP) is 4.49. The zero-order chi connectivity index (χ0) is 28.4. The molecule has 0 aromatic heterocycles. The molecule has 0 bridgehead atoms. The van der Waals surface area contributed by atoms with E-state index in [1.54, 1.807) is 41.3 Å². The van der Waals surface area contributed by atoms with Crippen molar-refractivity contribution in [2.45, 2.75) is 24.5 Å². The van der Waals surface area contributed by atoms with Gasteiger partial charge in [-0.3, -0.25) is 19.8 Å². The molecule has 1 saturated heterocycles. The van der Waals surface area contributed by atoms with E-state index >= 15 is 0 Å². The number of likely N-dealkylation sites (tertiary alicyclic amines) is 1. The number of amides is 4. The van der Waals surface area contributed by atoms with Gasteiger partial charge in [0.15, 0.2) is 5.60 Å². The van der Waals surface area contributed by atoms with Gasteiger partial charge in [0.05, 0.1) is 12.2 Å². The van der Waals surface area contributed by atoms with E-state index < -0.39 is 29.7 Å². The summed E-state index contributed by atoms with van der Waals surface area (Å²) in [6.45, 7) is 0.408. The fourth-order valence-corrected chi connectivity index (χ4v) is 5.29. The number of fused-ring (bicyclic) bond motifs is 2. The molecular weight excluding hydrogens is 536 g/mol. The first kappa shape index (κ1) is 27.0. The molecule has 10 nitrogen and oxygen atoms in total. The third-order valence-electron chi connectivity index (χ3n) is 7.21. The second kappa shape index (κ2) is 10.9. The van der Waals surface area contributed by atoms with Gasteiger partial charge in [0.2, 0.25) is 5.91 Å². The minimum absolute atomic E-state index is 0.104. The molecule has 2 aliphatic rings. The van der Waals surface area contributed by atoms with Gasteiger partial charge in [-0.15, -0.1) is 0 Å². The predicted molar refractivity (Wildman–Crippen MR) is 149 cm³/mol. The zero-order valence-corrected chi connectivity index (χ0v) is 22.4. The molecule has 3 aromatic carbocycles. The lowest BCUT2D eigenvalue weighted by atomic mass is 9.90. The van der Waals surface area contributed by atoms with E-state index in [0.717, 1.165) is 10.5 Å². The number of hydrogen-bond acceptors (Lipinski definition) is 5. The molecular formula is C29H27ClN4O6. The van der Waals surface area contributed by atoms with Gasteiger partial charge in [0.1, 0.15) is 6.04 Å². The van der Waals surface area contributed by atoms with Crippen molar-refractivity contribution in [2.24, 2.45) is 0 Å². The molecule has 2 atom stereocenters. The van der Waals surface area contributed by atoms with Crippen LogP contribution >= 0.6 is 11.6 Å². The normalized spacial score (nSPS) is 18.4. The largest absolute Gasteiger partial charge is 0.465 e. The molecule has 11 heteroatoms. The number of rotatable bonds is 6. The topological polar surface area (TPSA) is 128 Å². The van der Waals surface area contributed by atoms with E-state index in [2.05, 4.69) is 10.6 Å². The summed E-state index contributed by atoms with van der Waals surface area (Å²) in [5.74, 6) is -0.847. The van der Waals surface area contributed by atoms with Gasteiger partial charge in [-0.2, -0.15) is 0 Å². The van der Waals surface area contributed by atoms with Crippen molar-refractivity contribution in [1.82, 2.24) is 10.2 Å². The summed E-state index contributed by atoms with van der Waals surface area (Å²) in [5.41, 5.74) is 1.59. The quantitative estimate of drug-likeness (QED) is 0.406. The summed E-state index contributed by atoms with van der Waals surface area (Å²) in [5, 5.41) is 15.3. The Morgan fingerprint density at radius 1 is 1.12 bits per heavy atom. The zero-order valence-electron chi connectivity index (χ0n) is 21.6. The number of halogens is 1. The Labute approximate surface area is 235 Å². The lowest BCUT2D eigenvalue weighted by Crippen LogP contribution is -2.50. The molecule has 4 amide bonds. The molecule has 0 saturated carbocycles. The van der Waals surface area contributed by atoms with Gasteiger partial charge >= 0.3 is 12.2 Å². The minimum Gasteiger partial charge on any atom is -0.465 e. The van der Waals surface area contributed by atoms with Crippen LogP contribution in [0.2, 0.25) is 5.02 Å². The van der Waals surface area contributed by atoms with Crippen molar-refractivity contribution in [1.29, 1.82) is 0 Å². The monoisotopic (exact) mass is 562 g/mol. The van der Waals surface area contributed by atoms with Crippen LogP contribution in [-0.2, 0) is 21.6 Å². The van der Waals surface area contributed by atoms with Crippen LogP contribution in [0.5, 0.6) is 0 Å². The van der Waals surface area contributed by atoms with Crippen molar-refractivity contribution in [3.63, 3.8) is 0 Å². The molecule has 0 radical (unpaired) electrons. The Bertz CT molecular complexity index is 1480. The lowest BCUT2D eigenvalue weighted by molar-refractivity contribution is -0.133. The van der Waals surface area contributed by atoms with Gasteiger partial charge < -0.3 is 20.1 Å². The standard InChI is InChI=1S/C29H27ClN4O6/c1-33(28(38)39)21-9-5-8-19(15-21)25(35)31-24(14-18-6-3-2-4-7-18)26(36)34-13-12-29(17-34)22-16-20(30)10-11-23(22)32-27(37)40-29/h2-11,15-16,24H,12-14,17H2,1H3,(H,31,35)(H,32,37)(H,38,39)/t24-,29?/m0/s1. The molecule has 206 valence electrons. The van der Waals surface area contributed by atoms with Crippen molar-refractivity contribution >= 4 is 47.0 Å². The summed E-state index contributed by atoms with van der Waals surface area (Å²) in [6.07, 6.45) is -1.17. The average molecular weight is 563 g/mol. The van der Waals surface area contributed by atoms with Crippen molar-refractivity contribution in [3.8, 4) is 0 Å². The first-order valence-corrected chi connectivity index (χ1v) is 13.0. The van der Waals surface area contributed by atoms with E-state index in [1.807, 2.05) is 30.3 Å². The lowest BCUT2D eigenvalue weighted by Gasteiger charge is -2.35. The van der Waals surface area contributed by atoms with Crippen molar-refractivity contribution in [2.75, 3.05) is 30.4 Å². The molecule has 0 aliphatic carbocycles. The molecule has 1 fully saturated rings. The summed E-state index contributed by atoms with van der Waals surface area (Å²) in [4.78, 5) is 53.6. The first-order valence-electron chi connectivity index (χ1n) is 12.7. The maximum atomic E-state index is 13.9. The second-order valence-electron chi connectivity index (χ2n) is 9.82. The fourth-order valence-electron chi connectivity index (χ4n) is 5.12. The number of benzene rings is 3. The van der Waals surface area contributed by atoms with E-state index in [1.165, 1.54) is 13.1 Å². The first-order chi connectivity index (χ1) is 19.1. The Morgan fingerprint density at radius 2 is 1.90 bits per heavy atom. The molecule has 2 aliphatic heterocycles. The fraction of sp³-hybridized carbons (Fsp3) is 0.241. The molecule has 1 spiro atoms. The van der Waals surface area contributed by atoms with Crippen LogP contribution in [0.4, 0.5) is 21.0 Å². The molecule has 40 heavy (non-hydrogen) atoms. The number of nitrogens with zero attached hydrogens (tertiary/aromatic N) is 2. The van der Waals surface area contributed by atoms with Gasteiger partial charge in [-0.05, 0) is 42.0 Å². The van der Waals surface area contributed by atoms with Gasteiger partial charge in [-0.25, -0.2) is 9.59 Å². The Hall–Kier alpha value is -4.57. The maximum absolute atomic E-state index is 13.9. The number of carboxylic acid groups (broad SMARTS) is 1. The molecule has 3 N–H and O–H groups in total. The number of carbonyl (C=O) groups excluding carboxylic acids is 3. The summed E-state index contributed by atoms with van der Waals surface area (Å²) in [7, 11) is 1.38. The smallest absolute Gasteiger partial charge is 0.412 e. The van der Waals surface area contributed by atoms with Crippen molar-refractivity contribution in [3.05, 3.63) is 94.5 Å². The van der Waals surface area contributed by atoms with Crippen LogP contribution < -0.4 is 15.5 Å². The van der Waals surface area contributed by atoms with E-state index in [0.29, 0.717) is 34.9 Å². The Kier molecular flexibility index (Phi) is 7.36. The van der Waals surface area contributed by atoms with Crippen molar-refractivity contribution < 1.29 is 29.0 Å². The highest BCUT2D eigenvalue weighted by Gasteiger charge is 2.49. The SMILES string of the molecule is CN(C(=O)O)c1cccc(C(=O)N[C@@H](Cc2ccccc2)C(=O)N2CCC3(C2)OC(=O)Nc2ccc(Cl)cc23)c1. The minimum atomic E-state index is -1.17. The van der Waals surface area contributed by atoms with Gasteiger partial charge in [0, 0.05) is 48.3 Å². The number of anilines is 2. The number of nitrogens with one attached hydrogen (secondary N) is 2. The van der Waals surface area contributed by atoms with Crippen LogP contribution in [0, 0.1) is 0 Å². The number of hydrogen-bond donors (Lipinski definition) is 3. The highest BCUT2D eigenvalue weighted by atomic mass is 35.5. The van der Waals surface area contributed by atoms with Crippen LogP contribution in [0.15, 0.2) is 72.8 Å². The third kappa shape index (κ3) is 5.43. The van der Waals surface area contributed by atoms with Gasteiger partial charge in [0.25, 0.3) is 5.91 Å². The second-order valence-corrected chi connectivity index (χ2v) is 10.3. The average Bonchev–Trinajstić information content (AvgIpc) is 3.37. The Morgan fingerprint density at radius 3 is 2.65 bits per heavy atom. The van der Waals surface area contributed by atoms with Crippen LogP contribution in [0.3, 0.4) is 0 Å². The van der Waals surface area contributed by atoms with E-state index in [4.69, 9.17) is 16.3 Å². The summed E-state index contributed by atoms with van der Waals surface area (Å²) in [6, 6.07) is 19.6. The van der Waals surface area contributed by atoms with Crippen LogP contribution in [0.1, 0.15) is 27.9 Å².